The second kappa shape index (κ2) is 8.54. The van der Waals surface area contributed by atoms with Crippen LogP contribution in [0.25, 0.3) is 0 Å². The molecule has 1 N–H and O–H groups in total. The van der Waals surface area contributed by atoms with E-state index in [0.717, 1.165) is 0 Å². The van der Waals surface area contributed by atoms with E-state index in [9.17, 15) is 9.59 Å². The van der Waals surface area contributed by atoms with Crippen molar-refractivity contribution in [1.82, 2.24) is 9.88 Å². The van der Waals surface area contributed by atoms with E-state index in [1.807, 2.05) is 30.3 Å². The van der Waals surface area contributed by atoms with Crippen LogP contribution in [0.2, 0.25) is 5.02 Å². The fourth-order valence-electron chi connectivity index (χ4n) is 2.39. The van der Waals surface area contributed by atoms with E-state index in [1.165, 1.54) is 11.1 Å². The second-order valence-corrected chi connectivity index (χ2v) is 6.56. The van der Waals surface area contributed by atoms with Gasteiger partial charge in [-0.3, -0.25) is 9.59 Å². The number of para-hydroxylation sites is 1. The minimum Gasteiger partial charge on any atom is -0.439 e. The highest BCUT2D eigenvalue weighted by Gasteiger charge is 2.14. The van der Waals surface area contributed by atoms with Gasteiger partial charge in [-0.25, -0.2) is 4.98 Å². The highest BCUT2D eigenvalue weighted by molar-refractivity contribution is 6.34. The van der Waals surface area contributed by atoms with E-state index < -0.39 is 5.91 Å². The number of pyridine rings is 1. The fraction of sp³-hybridized carbons (Fsp3) is 0.0952. The zero-order chi connectivity index (χ0) is 20.1. The number of rotatable bonds is 5. The smallest absolute Gasteiger partial charge is 0.257 e. The van der Waals surface area contributed by atoms with Crippen LogP contribution in [0.4, 0.5) is 5.69 Å². The summed E-state index contributed by atoms with van der Waals surface area (Å²) in [6.07, 6.45) is 1.41. The average Bonchev–Trinajstić information content (AvgIpc) is 2.70. The maximum atomic E-state index is 12.5. The van der Waals surface area contributed by atoms with Gasteiger partial charge in [-0.15, -0.1) is 0 Å². The van der Waals surface area contributed by atoms with Crippen molar-refractivity contribution in [3.8, 4) is 11.6 Å². The van der Waals surface area contributed by atoms with E-state index in [1.54, 1.807) is 44.4 Å². The number of anilines is 1. The Bertz CT molecular complexity index is 990. The Labute approximate surface area is 167 Å². The zero-order valence-electron chi connectivity index (χ0n) is 15.3. The van der Waals surface area contributed by atoms with Crippen LogP contribution in [-0.2, 0) is 0 Å². The number of halogens is 1. The third-order valence-corrected chi connectivity index (χ3v) is 4.16. The topological polar surface area (TPSA) is 71.5 Å². The van der Waals surface area contributed by atoms with Gasteiger partial charge in [0.25, 0.3) is 11.8 Å². The maximum absolute atomic E-state index is 12.5. The van der Waals surface area contributed by atoms with Crippen LogP contribution < -0.4 is 10.1 Å². The van der Waals surface area contributed by atoms with Gasteiger partial charge >= 0.3 is 0 Å². The zero-order valence-corrected chi connectivity index (χ0v) is 16.1. The Morgan fingerprint density at radius 3 is 2.36 bits per heavy atom. The largest absolute Gasteiger partial charge is 0.439 e. The molecule has 0 aliphatic rings. The van der Waals surface area contributed by atoms with Crippen LogP contribution >= 0.6 is 11.6 Å². The summed E-state index contributed by atoms with van der Waals surface area (Å²) < 4.78 is 5.61. The lowest BCUT2D eigenvalue weighted by Crippen LogP contribution is -2.22. The quantitative estimate of drug-likeness (QED) is 0.691. The SMILES string of the molecule is CN(C)C(=O)c1ccc(Cl)c(NC(=O)c2ccc(Oc3ccccc3)nc2)c1. The number of hydrogen-bond donors (Lipinski definition) is 1. The van der Waals surface area contributed by atoms with Crippen LogP contribution in [0.15, 0.2) is 66.9 Å². The molecule has 1 aromatic heterocycles. The van der Waals surface area contributed by atoms with Gasteiger partial charge in [-0.1, -0.05) is 29.8 Å². The van der Waals surface area contributed by atoms with Crippen molar-refractivity contribution in [3.63, 3.8) is 0 Å². The van der Waals surface area contributed by atoms with Gasteiger partial charge in [0.05, 0.1) is 16.3 Å². The molecule has 0 aliphatic heterocycles. The first-order valence-corrected chi connectivity index (χ1v) is 8.83. The second-order valence-electron chi connectivity index (χ2n) is 6.15. The Hall–Kier alpha value is -3.38. The molecule has 2 amide bonds. The summed E-state index contributed by atoms with van der Waals surface area (Å²) in [7, 11) is 3.31. The minimum atomic E-state index is -0.393. The van der Waals surface area contributed by atoms with Crippen LogP contribution in [0.1, 0.15) is 20.7 Å². The Balaban J connectivity index is 1.72. The molecular formula is C21H18ClN3O3. The average molecular weight is 396 g/mol. The lowest BCUT2D eigenvalue weighted by Gasteiger charge is -2.13. The Morgan fingerprint density at radius 1 is 1.00 bits per heavy atom. The van der Waals surface area contributed by atoms with E-state index in [-0.39, 0.29) is 5.91 Å². The number of benzene rings is 2. The van der Waals surface area contributed by atoms with Crippen molar-refractivity contribution in [1.29, 1.82) is 0 Å². The summed E-state index contributed by atoms with van der Waals surface area (Å²) in [4.78, 5) is 30.2. The van der Waals surface area contributed by atoms with Crippen LogP contribution in [-0.4, -0.2) is 35.8 Å². The Morgan fingerprint density at radius 2 is 1.71 bits per heavy atom. The van der Waals surface area contributed by atoms with E-state index in [0.29, 0.717) is 33.5 Å². The summed E-state index contributed by atoms with van der Waals surface area (Å²) in [5.74, 6) is 0.451. The van der Waals surface area contributed by atoms with Gasteiger partial charge in [0, 0.05) is 31.9 Å². The molecule has 0 atom stereocenters. The predicted molar refractivity (Wildman–Crippen MR) is 108 cm³/mol. The first-order valence-electron chi connectivity index (χ1n) is 8.45. The molecule has 6 nitrogen and oxygen atoms in total. The lowest BCUT2D eigenvalue weighted by atomic mass is 10.1. The highest BCUT2D eigenvalue weighted by atomic mass is 35.5. The normalized spacial score (nSPS) is 10.2. The van der Waals surface area contributed by atoms with Crippen molar-refractivity contribution in [2.24, 2.45) is 0 Å². The summed E-state index contributed by atoms with van der Waals surface area (Å²) in [5.41, 5.74) is 1.11. The summed E-state index contributed by atoms with van der Waals surface area (Å²) in [6, 6.07) is 17.2. The molecule has 7 heteroatoms. The number of ether oxygens (including phenoxy) is 1. The summed E-state index contributed by atoms with van der Waals surface area (Å²) in [5, 5.41) is 3.04. The lowest BCUT2D eigenvalue weighted by molar-refractivity contribution is 0.0827. The van der Waals surface area contributed by atoms with Crippen molar-refractivity contribution >= 4 is 29.1 Å². The third kappa shape index (κ3) is 4.66. The predicted octanol–water partition coefficient (Wildman–Crippen LogP) is 4.48. The molecule has 0 aliphatic carbocycles. The van der Waals surface area contributed by atoms with E-state index in [4.69, 9.17) is 16.3 Å². The molecule has 0 fully saturated rings. The third-order valence-electron chi connectivity index (χ3n) is 3.83. The van der Waals surface area contributed by atoms with Gasteiger partial charge in [0.15, 0.2) is 0 Å². The molecule has 3 aromatic rings. The number of nitrogens with zero attached hydrogens (tertiary/aromatic N) is 2. The van der Waals surface area contributed by atoms with Gasteiger partial charge in [-0.05, 0) is 36.4 Å². The van der Waals surface area contributed by atoms with Crippen molar-refractivity contribution in [3.05, 3.63) is 83.0 Å². The maximum Gasteiger partial charge on any atom is 0.257 e. The molecular weight excluding hydrogens is 378 g/mol. The number of carbonyl (C=O) groups is 2. The Kier molecular flexibility index (Phi) is 5.91. The van der Waals surface area contributed by atoms with Gasteiger partial charge in [0.1, 0.15) is 5.75 Å². The van der Waals surface area contributed by atoms with E-state index in [2.05, 4.69) is 10.3 Å². The molecule has 0 spiro atoms. The van der Waals surface area contributed by atoms with E-state index >= 15 is 0 Å². The summed E-state index contributed by atoms with van der Waals surface area (Å²) in [6.45, 7) is 0. The molecule has 0 radical (unpaired) electrons. The molecule has 0 unspecified atom stereocenters. The first kappa shape index (κ1) is 19.4. The molecule has 0 bridgehead atoms. The van der Waals surface area contributed by atoms with Crippen LogP contribution in [0, 0.1) is 0 Å². The van der Waals surface area contributed by atoms with Gasteiger partial charge in [0.2, 0.25) is 5.88 Å². The van der Waals surface area contributed by atoms with Crippen molar-refractivity contribution in [2.75, 3.05) is 19.4 Å². The van der Waals surface area contributed by atoms with Gasteiger partial charge < -0.3 is 15.0 Å². The minimum absolute atomic E-state index is 0.184. The molecule has 0 saturated heterocycles. The number of hydrogen-bond acceptors (Lipinski definition) is 4. The number of nitrogens with one attached hydrogen (secondary N) is 1. The highest BCUT2D eigenvalue weighted by Crippen LogP contribution is 2.25. The fourth-order valence-corrected chi connectivity index (χ4v) is 2.56. The number of aromatic nitrogens is 1. The molecule has 0 saturated carbocycles. The molecule has 142 valence electrons. The molecule has 28 heavy (non-hydrogen) atoms. The van der Waals surface area contributed by atoms with Crippen LogP contribution in [0.3, 0.4) is 0 Å². The number of carbonyl (C=O) groups excluding carboxylic acids is 2. The monoisotopic (exact) mass is 395 g/mol. The molecule has 2 aromatic carbocycles. The molecule has 1 heterocycles. The first-order chi connectivity index (χ1) is 13.4. The van der Waals surface area contributed by atoms with Crippen LogP contribution in [0.5, 0.6) is 11.6 Å². The summed E-state index contributed by atoms with van der Waals surface area (Å²) >= 11 is 6.15. The standard InChI is InChI=1S/C21H18ClN3O3/c1-25(2)21(27)14-8-10-17(22)18(12-14)24-20(26)15-9-11-19(23-13-15)28-16-6-4-3-5-7-16/h3-13H,1-2H3,(H,24,26). The van der Waals surface area contributed by atoms with Crippen molar-refractivity contribution in [2.45, 2.75) is 0 Å². The van der Waals surface area contributed by atoms with Crippen molar-refractivity contribution < 1.29 is 14.3 Å². The molecule has 3 rings (SSSR count). The number of amides is 2. The van der Waals surface area contributed by atoms with Gasteiger partial charge in [-0.2, -0.15) is 0 Å².